The predicted octanol–water partition coefficient (Wildman–Crippen LogP) is 3.12. The Bertz CT molecular complexity index is 625. The summed E-state index contributed by atoms with van der Waals surface area (Å²) < 4.78 is 12.1. The average molecular weight is 296 g/mol. The number of nitrogens with one attached hydrogen (secondary N) is 1. The van der Waals surface area contributed by atoms with Gasteiger partial charge in [0.1, 0.15) is 0 Å². The second-order valence-electron chi connectivity index (χ2n) is 6.57. The minimum atomic E-state index is -0.319. The van der Waals surface area contributed by atoms with Crippen LogP contribution in [0.5, 0.6) is 0 Å². The maximum Gasteiger partial charge on any atom is 0.494 e. The van der Waals surface area contributed by atoms with Crippen molar-refractivity contribution in [2.45, 2.75) is 38.9 Å². The molecular formula is C17H21BN2O2. The van der Waals surface area contributed by atoms with E-state index in [1.54, 1.807) is 12.4 Å². The van der Waals surface area contributed by atoms with Crippen LogP contribution in [-0.2, 0) is 9.31 Å². The van der Waals surface area contributed by atoms with Crippen LogP contribution in [-0.4, -0.2) is 23.3 Å². The molecule has 0 spiro atoms. The highest BCUT2D eigenvalue weighted by Crippen LogP contribution is 2.36. The average Bonchev–Trinajstić information content (AvgIpc) is 2.69. The lowest BCUT2D eigenvalue weighted by Crippen LogP contribution is -2.41. The topological polar surface area (TPSA) is 43.4 Å². The number of hydrogen-bond donors (Lipinski definition) is 1. The third-order valence-corrected chi connectivity index (χ3v) is 4.41. The molecule has 3 rings (SSSR count). The molecule has 0 atom stereocenters. The first-order valence-electron chi connectivity index (χ1n) is 7.50. The van der Waals surface area contributed by atoms with Crippen LogP contribution in [0.15, 0.2) is 48.8 Å². The summed E-state index contributed by atoms with van der Waals surface area (Å²) in [5.74, 6) is 0. The number of anilines is 2. The van der Waals surface area contributed by atoms with Gasteiger partial charge in [-0.3, -0.25) is 4.98 Å². The molecule has 0 radical (unpaired) electrons. The van der Waals surface area contributed by atoms with E-state index in [9.17, 15) is 0 Å². The van der Waals surface area contributed by atoms with Gasteiger partial charge >= 0.3 is 7.12 Å². The zero-order valence-corrected chi connectivity index (χ0v) is 13.5. The van der Waals surface area contributed by atoms with Gasteiger partial charge in [0.05, 0.1) is 11.2 Å². The van der Waals surface area contributed by atoms with E-state index < -0.39 is 0 Å². The largest absolute Gasteiger partial charge is 0.494 e. The zero-order valence-electron chi connectivity index (χ0n) is 13.5. The van der Waals surface area contributed by atoms with Gasteiger partial charge in [0.25, 0.3) is 0 Å². The summed E-state index contributed by atoms with van der Waals surface area (Å²) in [5.41, 5.74) is 2.43. The van der Waals surface area contributed by atoms with Crippen LogP contribution >= 0.6 is 0 Å². The number of pyridine rings is 1. The van der Waals surface area contributed by atoms with Gasteiger partial charge in [0.2, 0.25) is 0 Å². The lowest BCUT2D eigenvalue weighted by atomic mass is 9.79. The highest BCUT2D eigenvalue weighted by Gasteiger charge is 2.51. The lowest BCUT2D eigenvalue weighted by molar-refractivity contribution is 0.00578. The summed E-state index contributed by atoms with van der Waals surface area (Å²) in [6.07, 6.45) is 3.53. The smallest absolute Gasteiger partial charge is 0.399 e. The molecule has 0 amide bonds. The van der Waals surface area contributed by atoms with E-state index in [0.29, 0.717) is 0 Å². The Hall–Kier alpha value is -1.85. The van der Waals surface area contributed by atoms with Gasteiger partial charge in [-0.15, -0.1) is 0 Å². The van der Waals surface area contributed by atoms with Gasteiger partial charge < -0.3 is 14.6 Å². The SMILES string of the molecule is CC1(C)OB(c2ccc(Nc3ccncc3)cc2)OC1(C)C. The molecule has 0 unspecified atom stereocenters. The maximum absolute atomic E-state index is 6.06. The summed E-state index contributed by atoms with van der Waals surface area (Å²) in [5, 5.41) is 3.33. The fraction of sp³-hybridized carbons (Fsp3) is 0.353. The van der Waals surface area contributed by atoms with Crippen molar-refractivity contribution in [3.63, 3.8) is 0 Å². The van der Waals surface area contributed by atoms with Crippen LogP contribution in [0.25, 0.3) is 0 Å². The first-order chi connectivity index (χ1) is 10.4. The standard InChI is InChI=1S/C17H21BN2O2/c1-16(2)17(3,4)22-18(21-16)13-5-7-14(8-6-13)20-15-9-11-19-12-10-15/h5-12H,1-4H3,(H,19,20). The van der Waals surface area contributed by atoms with Crippen molar-refractivity contribution in [2.24, 2.45) is 0 Å². The molecule has 2 aromatic rings. The van der Waals surface area contributed by atoms with Crippen molar-refractivity contribution in [3.05, 3.63) is 48.8 Å². The molecule has 4 nitrogen and oxygen atoms in total. The van der Waals surface area contributed by atoms with E-state index in [1.165, 1.54) is 0 Å². The third kappa shape index (κ3) is 2.87. The number of aromatic nitrogens is 1. The Morgan fingerprint density at radius 1 is 0.818 bits per heavy atom. The highest BCUT2D eigenvalue weighted by molar-refractivity contribution is 6.62. The Balaban J connectivity index is 1.73. The minimum absolute atomic E-state index is 0.314. The van der Waals surface area contributed by atoms with E-state index >= 15 is 0 Å². The van der Waals surface area contributed by atoms with Crippen LogP contribution in [0.4, 0.5) is 11.4 Å². The van der Waals surface area contributed by atoms with Crippen LogP contribution in [0.1, 0.15) is 27.7 Å². The maximum atomic E-state index is 6.06. The van der Waals surface area contributed by atoms with Crippen molar-refractivity contribution in [3.8, 4) is 0 Å². The Morgan fingerprint density at radius 3 is 1.86 bits per heavy atom. The molecule has 2 heterocycles. The summed E-state index contributed by atoms with van der Waals surface area (Å²) >= 11 is 0. The third-order valence-electron chi connectivity index (χ3n) is 4.41. The Kier molecular flexibility index (Phi) is 3.71. The van der Waals surface area contributed by atoms with Gasteiger partial charge in [0, 0.05) is 23.8 Å². The number of nitrogens with zero attached hydrogens (tertiary/aromatic N) is 1. The van der Waals surface area contributed by atoms with Crippen LogP contribution in [0, 0.1) is 0 Å². The molecule has 1 aromatic heterocycles. The second-order valence-corrected chi connectivity index (χ2v) is 6.57. The molecule has 1 saturated heterocycles. The first-order valence-corrected chi connectivity index (χ1v) is 7.50. The van der Waals surface area contributed by atoms with Crippen molar-refractivity contribution in [1.82, 2.24) is 4.98 Å². The van der Waals surface area contributed by atoms with Gasteiger partial charge in [-0.2, -0.15) is 0 Å². The molecule has 5 heteroatoms. The second kappa shape index (κ2) is 5.41. The van der Waals surface area contributed by atoms with Gasteiger partial charge in [-0.05, 0) is 57.4 Å². The van der Waals surface area contributed by atoms with Crippen LogP contribution in [0.3, 0.4) is 0 Å². The quantitative estimate of drug-likeness (QED) is 0.884. The molecule has 1 aliphatic heterocycles. The van der Waals surface area contributed by atoms with Crippen LogP contribution < -0.4 is 10.8 Å². The lowest BCUT2D eigenvalue weighted by Gasteiger charge is -2.32. The fourth-order valence-corrected chi connectivity index (χ4v) is 2.30. The number of rotatable bonds is 3. The van der Waals surface area contributed by atoms with Gasteiger partial charge in [-0.25, -0.2) is 0 Å². The molecule has 22 heavy (non-hydrogen) atoms. The van der Waals surface area contributed by atoms with E-state index in [1.807, 2.05) is 36.4 Å². The van der Waals surface area contributed by atoms with E-state index in [4.69, 9.17) is 9.31 Å². The van der Waals surface area contributed by atoms with Crippen molar-refractivity contribution in [1.29, 1.82) is 0 Å². The molecule has 1 N–H and O–H groups in total. The molecular weight excluding hydrogens is 275 g/mol. The molecule has 1 fully saturated rings. The van der Waals surface area contributed by atoms with Crippen LogP contribution in [0.2, 0.25) is 0 Å². The zero-order chi connectivity index (χ0) is 15.8. The Labute approximate surface area is 132 Å². The molecule has 0 aliphatic carbocycles. The van der Waals surface area contributed by atoms with Gasteiger partial charge in [-0.1, -0.05) is 12.1 Å². The summed E-state index contributed by atoms with van der Waals surface area (Å²) in [6.45, 7) is 8.25. The molecule has 1 aromatic carbocycles. The highest BCUT2D eigenvalue weighted by atomic mass is 16.7. The fourth-order valence-electron chi connectivity index (χ4n) is 2.30. The van der Waals surface area contributed by atoms with Crippen molar-refractivity contribution in [2.75, 3.05) is 5.32 Å². The van der Waals surface area contributed by atoms with E-state index in [-0.39, 0.29) is 18.3 Å². The molecule has 0 saturated carbocycles. The van der Waals surface area contributed by atoms with E-state index in [2.05, 4.69) is 38.0 Å². The molecule has 1 aliphatic rings. The summed E-state index contributed by atoms with van der Waals surface area (Å²) in [6, 6.07) is 12.0. The van der Waals surface area contributed by atoms with Crippen molar-refractivity contribution >= 4 is 24.0 Å². The summed E-state index contributed by atoms with van der Waals surface area (Å²) in [4.78, 5) is 4.01. The summed E-state index contributed by atoms with van der Waals surface area (Å²) in [7, 11) is -0.319. The Morgan fingerprint density at radius 2 is 1.32 bits per heavy atom. The van der Waals surface area contributed by atoms with Gasteiger partial charge in [0.15, 0.2) is 0 Å². The van der Waals surface area contributed by atoms with E-state index in [0.717, 1.165) is 16.8 Å². The number of hydrogen-bond acceptors (Lipinski definition) is 4. The first kappa shape index (κ1) is 15.1. The van der Waals surface area contributed by atoms with Crippen molar-refractivity contribution < 1.29 is 9.31 Å². The minimum Gasteiger partial charge on any atom is -0.399 e. The normalized spacial score (nSPS) is 19.2. The number of benzene rings is 1. The molecule has 0 bridgehead atoms. The predicted molar refractivity (Wildman–Crippen MR) is 89.7 cm³/mol. The monoisotopic (exact) mass is 296 g/mol. The molecule has 114 valence electrons.